The van der Waals surface area contributed by atoms with Crippen LogP contribution in [0.4, 0.5) is 5.69 Å². The number of carbonyl (C=O) groups is 1. The van der Waals surface area contributed by atoms with Gasteiger partial charge in [-0.25, -0.2) is 9.79 Å². The molecular formula is C25H19IN2O6. The van der Waals surface area contributed by atoms with E-state index in [0.29, 0.717) is 23.7 Å². The maximum Gasteiger partial charge on any atom is 0.363 e. The first kappa shape index (κ1) is 23.4. The van der Waals surface area contributed by atoms with E-state index in [2.05, 4.69) is 27.6 Å². The smallest absolute Gasteiger partial charge is 0.363 e. The fraction of sp³-hybridized carbons (Fsp3) is 0.120. The highest BCUT2D eigenvalue weighted by molar-refractivity contribution is 14.1. The molecule has 0 bridgehead atoms. The number of hydrogen-bond donors (Lipinski definition) is 0. The van der Waals surface area contributed by atoms with Gasteiger partial charge in [-0.05, 0) is 83.1 Å². The van der Waals surface area contributed by atoms with E-state index in [1.807, 2.05) is 43.3 Å². The Morgan fingerprint density at radius 2 is 1.82 bits per heavy atom. The lowest BCUT2D eigenvalue weighted by atomic mass is 10.1. The number of esters is 1. The highest BCUT2D eigenvalue weighted by atomic mass is 127. The first-order valence-corrected chi connectivity index (χ1v) is 11.4. The number of benzene rings is 3. The molecular weight excluding hydrogens is 551 g/mol. The molecule has 0 aromatic heterocycles. The van der Waals surface area contributed by atoms with Crippen LogP contribution in [0.25, 0.3) is 6.08 Å². The maximum atomic E-state index is 12.3. The van der Waals surface area contributed by atoms with Crippen molar-refractivity contribution < 1.29 is 23.9 Å². The van der Waals surface area contributed by atoms with Crippen LogP contribution in [0.5, 0.6) is 11.5 Å². The van der Waals surface area contributed by atoms with Crippen LogP contribution in [0.1, 0.15) is 23.6 Å². The number of halogens is 1. The van der Waals surface area contributed by atoms with Gasteiger partial charge in [-0.2, -0.15) is 0 Å². The topological polar surface area (TPSA) is 100 Å². The minimum atomic E-state index is -0.523. The molecule has 8 nitrogen and oxygen atoms in total. The van der Waals surface area contributed by atoms with E-state index < -0.39 is 10.9 Å². The number of non-ortho nitro benzene ring substituents is 1. The average molecular weight is 570 g/mol. The van der Waals surface area contributed by atoms with Crippen LogP contribution in [-0.4, -0.2) is 23.4 Å². The van der Waals surface area contributed by atoms with Crippen molar-refractivity contribution in [1.29, 1.82) is 0 Å². The van der Waals surface area contributed by atoms with Crippen LogP contribution < -0.4 is 9.47 Å². The molecule has 0 amide bonds. The van der Waals surface area contributed by atoms with Crippen molar-refractivity contribution in [3.05, 3.63) is 103 Å². The lowest BCUT2D eigenvalue weighted by Crippen LogP contribution is -2.05. The number of carbonyl (C=O) groups excluding carboxylic acids is 1. The lowest BCUT2D eigenvalue weighted by molar-refractivity contribution is -0.384. The van der Waals surface area contributed by atoms with Gasteiger partial charge < -0.3 is 14.2 Å². The first-order valence-electron chi connectivity index (χ1n) is 10.3. The van der Waals surface area contributed by atoms with Gasteiger partial charge in [0.1, 0.15) is 6.61 Å². The number of aliphatic imine (C=N–C) groups is 1. The van der Waals surface area contributed by atoms with Crippen LogP contribution in [0.15, 0.2) is 77.4 Å². The van der Waals surface area contributed by atoms with E-state index >= 15 is 0 Å². The third-order valence-corrected chi connectivity index (χ3v) is 5.61. The number of hydrogen-bond acceptors (Lipinski definition) is 7. The second-order valence-corrected chi connectivity index (χ2v) is 8.34. The van der Waals surface area contributed by atoms with E-state index in [4.69, 9.17) is 14.2 Å². The Balaban J connectivity index is 1.57. The molecule has 1 heterocycles. The number of ether oxygens (including phenoxy) is 3. The third-order valence-electron chi connectivity index (χ3n) is 4.81. The maximum absolute atomic E-state index is 12.3. The number of nitro groups is 1. The molecule has 1 aliphatic heterocycles. The standard InChI is InChI=1S/C25H19IN2O6/c1-2-32-22-14-17(13-21-25(29)34-24(27-21)18-6-4-3-5-7-18)12-20(26)23(22)33-15-16-8-10-19(11-9-16)28(30)31/h3-14H,2,15H2,1H3/b21-13-. The van der Waals surface area contributed by atoms with E-state index in [1.54, 1.807) is 24.3 Å². The molecule has 0 saturated carbocycles. The minimum absolute atomic E-state index is 0.0225. The molecule has 0 radical (unpaired) electrons. The Labute approximate surface area is 209 Å². The van der Waals surface area contributed by atoms with Gasteiger partial charge in [-0.1, -0.05) is 18.2 Å². The number of rotatable bonds is 8. The molecule has 4 rings (SSSR count). The van der Waals surface area contributed by atoms with Crippen molar-refractivity contribution in [2.45, 2.75) is 13.5 Å². The van der Waals surface area contributed by atoms with Crippen molar-refractivity contribution in [3.8, 4) is 11.5 Å². The van der Waals surface area contributed by atoms with Gasteiger partial charge in [0.25, 0.3) is 5.69 Å². The van der Waals surface area contributed by atoms with Gasteiger partial charge in [-0.15, -0.1) is 0 Å². The second kappa shape index (κ2) is 10.5. The summed E-state index contributed by atoms with van der Waals surface area (Å²) in [6, 6.07) is 19.0. The number of nitro benzene ring substituents is 1. The number of cyclic esters (lactones) is 1. The highest BCUT2D eigenvalue weighted by Gasteiger charge is 2.24. The van der Waals surface area contributed by atoms with E-state index in [9.17, 15) is 14.9 Å². The summed E-state index contributed by atoms with van der Waals surface area (Å²) in [4.78, 5) is 27.1. The Hall–Kier alpha value is -3.73. The van der Waals surface area contributed by atoms with E-state index in [1.165, 1.54) is 12.1 Å². The predicted octanol–water partition coefficient (Wildman–Crippen LogP) is 5.52. The van der Waals surface area contributed by atoms with E-state index in [-0.39, 0.29) is 23.9 Å². The van der Waals surface area contributed by atoms with Crippen molar-refractivity contribution in [1.82, 2.24) is 0 Å². The van der Waals surface area contributed by atoms with Crippen LogP contribution in [0.2, 0.25) is 0 Å². The van der Waals surface area contributed by atoms with Crippen molar-refractivity contribution >= 4 is 46.2 Å². The fourth-order valence-corrected chi connectivity index (χ4v) is 4.00. The summed E-state index contributed by atoms with van der Waals surface area (Å²) in [5, 5.41) is 10.8. The second-order valence-electron chi connectivity index (χ2n) is 7.18. The number of nitrogens with zero attached hydrogens (tertiary/aromatic N) is 2. The fourth-order valence-electron chi connectivity index (χ4n) is 3.21. The SMILES string of the molecule is CCOc1cc(/C=C2\N=C(c3ccccc3)OC2=O)cc(I)c1OCc1ccc([N+](=O)[O-])cc1. The quantitative estimate of drug-likeness (QED) is 0.116. The molecule has 3 aromatic carbocycles. The summed E-state index contributed by atoms with van der Waals surface area (Å²) in [5.41, 5.74) is 2.43. The van der Waals surface area contributed by atoms with Gasteiger partial charge in [-0.3, -0.25) is 10.1 Å². The average Bonchev–Trinajstić information content (AvgIpc) is 3.19. The van der Waals surface area contributed by atoms with Crippen LogP contribution in [0, 0.1) is 13.7 Å². The normalized spacial score (nSPS) is 14.0. The molecule has 9 heteroatoms. The molecule has 0 fully saturated rings. The van der Waals surface area contributed by atoms with Gasteiger partial charge in [0.05, 0.1) is 15.1 Å². The van der Waals surface area contributed by atoms with Crippen LogP contribution >= 0.6 is 22.6 Å². The zero-order valence-corrected chi connectivity index (χ0v) is 20.2. The monoisotopic (exact) mass is 570 g/mol. The lowest BCUT2D eigenvalue weighted by Gasteiger charge is -2.15. The summed E-state index contributed by atoms with van der Waals surface area (Å²) in [7, 11) is 0. The zero-order chi connectivity index (χ0) is 24.1. The highest BCUT2D eigenvalue weighted by Crippen LogP contribution is 2.36. The van der Waals surface area contributed by atoms with Gasteiger partial charge in [0.2, 0.25) is 5.90 Å². The Morgan fingerprint density at radius 1 is 1.09 bits per heavy atom. The molecule has 172 valence electrons. The molecule has 0 unspecified atom stereocenters. The summed E-state index contributed by atoms with van der Waals surface area (Å²) < 4.78 is 17.9. The molecule has 0 saturated heterocycles. The Bertz CT molecular complexity index is 1290. The Kier molecular flexibility index (Phi) is 7.21. The Morgan fingerprint density at radius 3 is 2.50 bits per heavy atom. The molecule has 0 atom stereocenters. The van der Waals surface area contributed by atoms with E-state index in [0.717, 1.165) is 14.7 Å². The molecule has 34 heavy (non-hydrogen) atoms. The molecule has 0 N–H and O–H groups in total. The summed E-state index contributed by atoms with van der Waals surface area (Å²) >= 11 is 2.14. The zero-order valence-electron chi connectivity index (χ0n) is 18.1. The predicted molar refractivity (Wildman–Crippen MR) is 135 cm³/mol. The molecule has 3 aromatic rings. The van der Waals surface area contributed by atoms with Crippen molar-refractivity contribution in [2.75, 3.05) is 6.61 Å². The van der Waals surface area contributed by atoms with Crippen LogP contribution in [-0.2, 0) is 16.1 Å². The molecule has 0 spiro atoms. The van der Waals surface area contributed by atoms with Gasteiger partial charge >= 0.3 is 5.97 Å². The van der Waals surface area contributed by atoms with Crippen molar-refractivity contribution in [2.24, 2.45) is 4.99 Å². The summed E-state index contributed by atoms with van der Waals surface area (Å²) in [5.74, 6) is 0.803. The third kappa shape index (κ3) is 5.42. The van der Waals surface area contributed by atoms with Crippen LogP contribution in [0.3, 0.4) is 0 Å². The summed E-state index contributed by atoms with van der Waals surface area (Å²) in [6.07, 6.45) is 1.64. The first-order chi connectivity index (χ1) is 16.4. The van der Waals surface area contributed by atoms with Gasteiger partial charge in [0.15, 0.2) is 17.2 Å². The molecule has 0 aliphatic carbocycles. The molecule has 1 aliphatic rings. The minimum Gasteiger partial charge on any atom is -0.490 e. The summed E-state index contributed by atoms with van der Waals surface area (Å²) in [6.45, 7) is 2.50. The largest absolute Gasteiger partial charge is 0.490 e. The van der Waals surface area contributed by atoms with Gasteiger partial charge in [0, 0.05) is 17.7 Å². The van der Waals surface area contributed by atoms with Crippen molar-refractivity contribution in [3.63, 3.8) is 0 Å².